The van der Waals surface area contributed by atoms with Gasteiger partial charge in [0.2, 0.25) is 23.6 Å². The average Bonchev–Trinajstić information content (AvgIpc) is 3.31. The fourth-order valence-electron chi connectivity index (χ4n) is 3.24. The van der Waals surface area contributed by atoms with Gasteiger partial charge in [0.25, 0.3) is 0 Å². The van der Waals surface area contributed by atoms with Crippen LogP contribution in [0.15, 0.2) is 4.99 Å². The van der Waals surface area contributed by atoms with Gasteiger partial charge in [-0.2, -0.15) is 0 Å². The molecular weight excluding hydrogens is 452 g/mol. The molecule has 15 nitrogen and oxygen atoms in total. The molecule has 192 valence electrons. The Kier molecular flexibility index (Phi) is 12.3. The number of hydrogen-bond donors (Lipinski definition) is 9. The van der Waals surface area contributed by atoms with Crippen molar-refractivity contribution in [1.29, 1.82) is 0 Å². The molecular formula is C19H34N8O7. The van der Waals surface area contributed by atoms with Gasteiger partial charge in [-0.05, 0) is 38.6 Å². The molecule has 0 spiro atoms. The SMILES string of the molecule is NC(=O)CCC(NC(=O)C(CCCN=C(N)N)NC(=O)C(CO)NC(=O)C1CCCN1)C(=O)O. The van der Waals surface area contributed by atoms with Gasteiger partial charge in [0.15, 0.2) is 5.96 Å². The number of amides is 4. The number of aliphatic hydroxyl groups is 1. The van der Waals surface area contributed by atoms with Crippen LogP contribution in [0.2, 0.25) is 0 Å². The lowest BCUT2D eigenvalue weighted by Crippen LogP contribution is -2.58. The molecule has 0 saturated carbocycles. The van der Waals surface area contributed by atoms with Crippen molar-refractivity contribution in [3.63, 3.8) is 0 Å². The molecule has 0 aromatic rings. The number of aliphatic carboxylic acids is 1. The number of aliphatic hydroxyl groups excluding tert-OH is 1. The van der Waals surface area contributed by atoms with Gasteiger partial charge in [-0.3, -0.25) is 24.2 Å². The van der Waals surface area contributed by atoms with Crippen molar-refractivity contribution in [1.82, 2.24) is 21.3 Å². The Balaban J connectivity index is 2.86. The summed E-state index contributed by atoms with van der Waals surface area (Å²) in [5.41, 5.74) is 15.6. The Morgan fingerprint density at radius 3 is 2.15 bits per heavy atom. The first-order valence-corrected chi connectivity index (χ1v) is 10.9. The zero-order valence-electron chi connectivity index (χ0n) is 18.8. The third-order valence-electron chi connectivity index (χ3n) is 5.06. The van der Waals surface area contributed by atoms with Crippen LogP contribution < -0.4 is 38.5 Å². The van der Waals surface area contributed by atoms with Crippen LogP contribution in [0.3, 0.4) is 0 Å². The number of primary amides is 1. The molecule has 0 aromatic carbocycles. The molecule has 0 bridgehead atoms. The molecule has 1 fully saturated rings. The number of nitrogens with zero attached hydrogens (tertiary/aromatic N) is 1. The quantitative estimate of drug-likeness (QED) is 0.0609. The van der Waals surface area contributed by atoms with Gasteiger partial charge in [0.1, 0.15) is 18.1 Å². The summed E-state index contributed by atoms with van der Waals surface area (Å²) in [6.07, 6.45) is 1.14. The molecule has 4 unspecified atom stereocenters. The highest BCUT2D eigenvalue weighted by Crippen LogP contribution is 2.06. The number of carbonyl (C=O) groups excluding carboxylic acids is 4. The monoisotopic (exact) mass is 486 g/mol. The summed E-state index contributed by atoms with van der Waals surface area (Å²) in [7, 11) is 0. The van der Waals surface area contributed by atoms with Gasteiger partial charge in [-0.25, -0.2) is 4.79 Å². The van der Waals surface area contributed by atoms with Crippen LogP contribution in [0.25, 0.3) is 0 Å². The zero-order valence-corrected chi connectivity index (χ0v) is 18.8. The van der Waals surface area contributed by atoms with Crippen molar-refractivity contribution in [2.45, 2.75) is 62.7 Å². The molecule has 1 aliphatic heterocycles. The minimum atomic E-state index is -1.42. The number of nitrogens with one attached hydrogen (secondary N) is 4. The van der Waals surface area contributed by atoms with E-state index >= 15 is 0 Å². The molecule has 0 aliphatic carbocycles. The summed E-state index contributed by atoms with van der Waals surface area (Å²) in [4.78, 5) is 63.9. The van der Waals surface area contributed by atoms with Gasteiger partial charge >= 0.3 is 5.97 Å². The first-order valence-electron chi connectivity index (χ1n) is 10.9. The molecule has 0 aromatic heterocycles. The summed E-state index contributed by atoms with van der Waals surface area (Å²) < 4.78 is 0. The van der Waals surface area contributed by atoms with E-state index < -0.39 is 60.4 Å². The highest BCUT2D eigenvalue weighted by Gasteiger charge is 2.31. The van der Waals surface area contributed by atoms with Crippen molar-refractivity contribution in [2.24, 2.45) is 22.2 Å². The number of nitrogens with two attached hydrogens (primary N) is 3. The van der Waals surface area contributed by atoms with E-state index in [1.54, 1.807) is 0 Å². The molecule has 12 N–H and O–H groups in total. The Labute approximate surface area is 196 Å². The molecule has 1 saturated heterocycles. The molecule has 1 heterocycles. The lowest BCUT2D eigenvalue weighted by Gasteiger charge is -2.24. The van der Waals surface area contributed by atoms with Crippen LogP contribution in [0, 0.1) is 0 Å². The van der Waals surface area contributed by atoms with Crippen LogP contribution in [0.4, 0.5) is 0 Å². The number of hydrogen-bond acceptors (Lipinski definition) is 8. The van der Waals surface area contributed by atoms with Crippen molar-refractivity contribution in [3.8, 4) is 0 Å². The van der Waals surface area contributed by atoms with Crippen molar-refractivity contribution in [2.75, 3.05) is 19.7 Å². The second-order valence-electron chi connectivity index (χ2n) is 7.81. The number of rotatable bonds is 15. The van der Waals surface area contributed by atoms with Crippen LogP contribution in [-0.4, -0.2) is 89.6 Å². The van der Waals surface area contributed by atoms with Gasteiger partial charge in [0, 0.05) is 13.0 Å². The Bertz CT molecular complexity index is 766. The fraction of sp³-hybridized carbons (Fsp3) is 0.684. The van der Waals surface area contributed by atoms with Crippen LogP contribution in [-0.2, 0) is 24.0 Å². The van der Waals surface area contributed by atoms with E-state index in [9.17, 15) is 34.2 Å². The Morgan fingerprint density at radius 2 is 1.62 bits per heavy atom. The van der Waals surface area contributed by atoms with Crippen molar-refractivity contribution >= 4 is 35.6 Å². The van der Waals surface area contributed by atoms with E-state index in [0.717, 1.165) is 6.42 Å². The summed E-state index contributed by atoms with van der Waals surface area (Å²) in [6, 6.07) is -4.46. The second-order valence-corrected chi connectivity index (χ2v) is 7.81. The number of carboxylic acids is 1. The first-order chi connectivity index (χ1) is 16.0. The van der Waals surface area contributed by atoms with E-state index in [2.05, 4.69) is 26.3 Å². The summed E-state index contributed by atoms with van der Waals surface area (Å²) in [5, 5.41) is 29.0. The van der Waals surface area contributed by atoms with Gasteiger partial charge < -0.3 is 48.7 Å². The van der Waals surface area contributed by atoms with Gasteiger partial charge in [-0.15, -0.1) is 0 Å². The van der Waals surface area contributed by atoms with Crippen LogP contribution in [0.1, 0.15) is 38.5 Å². The lowest BCUT2D eigenvalue weighted by atomic mass is 10.1. The Hall–Kier alpha value is -3.46. The average molecular weight is 487 g/mol. The summed E-state index contributed by atoms with van der Waals surface area (Å²) in [5.74, 6) is -4.41. The van der Waals surface area contributed by atoms with Crippen LogP contribution >= 0.6 is 0 Å². The molecule has 4 amide bonds. The standard InChI is InChI=1S/C19H34N8O7/c20-14(29)6-5-12(18(33)34)26-16(31)11(4-2-8-24-19(21)22)25-17(32)13(9-28)27-15(30)10-3-1-7-23-10/h10-13,23,28H,1-9H2,(H2,20,29)(H,25,32)(H,26,31)(H,27,30)(H,33,34)(H4,21,22,24). The lowest BCUT2D eigenvalue weighted by molar-refractivity contribution is -0.142. The first kappa shape index (κ1) is 28.6. The van der Waals surface area contributed by atoms with Crippen LogP contribution in [0.5, 0.6) is 0 Å². The third kappa shape index (κ3) is 10.4. The molecule has 4 atom stereocenters. The van der Waals surface area contributed by atoms with Crippen molar-refractivity contribution < 1.29 is 34.2 Å². The number of guanidine groups is 1. The molecule has 34 heavy (non-hydrogen) atoms. The van der Waals surface area contributed by atoms with E-state index in [1.165, 1.54) is 0 Å². The van der Waals surface area contributed by atoms with E-state index in [1.807, 2.05) is 0 Å². The highest BCUT2D eigenvalue weighted by atomic mass is 16.4. The number of aliphatic imine (C=N–C) groups is 1. The minimum absolute atomic E-state index is 0.0206. The van der Waals surface area contributed by atoms with Gasteiger partial charge in [-0.1, -0.05) is 0 Å². The predicted molar refractivity (Wildman–Crippen MR) is 120 cm³/mol. The predicted octanol–water partition coefficient (Wildman–Crippen LogP) is -4.41. The second kappa shape index (κ2) is 14.6. The van der Waals surface area contributed by atoms with Crippen molar-refractivity contribution in [3.05, 3.63) is 0 Å². The smallest absolute Gasteiger partial charge is 0.326 e. The zero-order chi connectivity index (χ0) is 25.7. The van der Waals surface area contributed by atoms with Gasteiger partial charge in [0.05, 0.1) is 12.6 Å². The Morgan fingerprint density at radius 1 is 0.971 bits per heavy atom. The maximum atomic E-state index is 12.8. The highest BCUT2D eigenvalue weighted by molar-refractivity contribution is 5.94. The topological polar surface area (TPSA) is 264 Å². The summed E-state index contributed by atoms with van der Waals surface area (Å²) >= 11 is 0. The molecule has 15 heteroatoms. The maximum absolute atomic E-state index is 12.8. The maximum Gasteiger partial charge on any atom is 0.326 e. The fourth-order valence-corrected chi connectivity index (χ4v) is 3.24. The molecule has 1 aliphatic rings. The molecule has 1 rings (SSSR count). The molecule has 0 radical (unpaired) electrons. The number of carboxylic acid groups (broad SMARTS) is 1. The van der Waals surface area contributed by atoms with E-state index in [0.29, 0.717) is 13.0 Å². The normalized spacial score (nSPS) is 17.6. The largest absolute Gasteiger partial charge is 0.480 e. The van der Waals surface area contributed by atoms with E-state index in [4.69, 9.17) is 17.2 Å². The summed E-state index contributed by atoms with van der Waals surface area (Å²) in [6.45, 7) is 0.0785. The number of carbonyl (C=O) groups is 5. The third-order valence-corrected chi connectivity index (χ3v) is 5.06. The minimum Gasteiger partial charge on any atom is -0.480 e. The van der Waals surface area contributed by atoms with E-state index in [-0.39, 0.29) is 38.2 Å².